The predicted octanol–water partition coefficient (Wildman–Crippen LogP) is 10.2. The number of rotatable bonds is 8. The second-order valence-electron chi connectivity index (χ2n) is 13.2. The molecule has 2 N–H and O–H groups in total. The topological polar surface area (TPSA) is 110 Å². The van der Waals surface area contributed by atoms with Gasteiger partial charge in [0.15, 0.2) is 23.2 Å². The van der Waals surface area contributed by atoms with Gasteiger partial charge in [0.25, 0.3) is 0 Å². The summed E-state index contributed by atoms with van der Waals surface area (Å²) in [4.78, 5) is 44.3. The number of hydrogen-bond acceptors (Lipinski definition) is 8. The van der Waals surface area contributed by atoms with Crippen molar-refractivity contribution in [2.24, 2.45) is 0 Å². The van der Waals surface area contributed by atoms with E-state index in [1.165, 1.54) is 0 Å². The van der Waals surface area contributed by atoms with E-state index in [-0.39, 0.29) is 11.6 Å². The van der Waals surface area contributed by atoms with E-state index in [1.807, 2.05) is 109 Å². The molecule has 0 spiro atoms. The molecule has 0 atom stereocenters. The van der Waals surface area contributed by atoms with Crippen molar-refractivity contribution in [3.63, 3.8) is 0 Å². The molecule has 0 saturated carbocycles. The average Bonchev–Trinajstić information content (AvgIpc) is 3.25. The van der Waals surface area contributed by atoms with Crippen molar-refractivity contribution in [1.82, 2.24) is 19.9 Å². The standard InChI is InChI=1S/C48H32N6O2/c55-43-15-7-1-9-35(43)29-49-37-25-21-33(22-26-37)47-51-41-13-5-3-11-39(41)45(53-47)31-17-19-32(20-18-31)46-40-12-4-6-14-42(40)52-48(54-46)34-23-27-38(28-24-34)50-30-36-10-2-8-16-44(36)56/h1-30,49-50H/b35-29-,36-30-. The molecule has 0 radical (unpaired) electrons. The summed E-state index contributed by atoms with van der Waals surface area (Å²) in [7, 11) is 0. The molecule has 8 nitrogen and oxygen atoms in total. The van der Waals surface area contributed by atoms with Crippen LogP contribution in [0.15, 0.2) is 193 Å². The molecule has 2 aromatic heterocycles. The molecule has 0 amide bonds. The maximum absolute atomic E-state index is 12.1. The number of allylic oxidation sites excluding steroid dienone is 10. The van der Waals surface area contributed by atoms with E-state index >= 15 is 0 Å². The fourth-order valence-electron chi connectivity index (χ4n) is 6.59. The highest BCUT2D eigenvalue weighted by atomic mass is 16.1. The van der Waals surface area contributed by atoms with Gasteiger partial charge in [0.1, 0.15) is 0 Å². The van der Waals surface area contributed by atoms with Gasteiger partial charge in [0, 0.05) is 67.9 Å². The van der Waals surface area contributed by atoms with Crippen molar-refractivity contribution in [3.05, 3.63) is 193 Å². The maximum Gasteiger partial charge on any atom is 0.187 e. The van der Waals surface area contributed by atoms with Gasteiger partial charge < -0.3 is 10.6 Å². The van der Waals surface area contributed by atoms with Crippen LogP contribution in [0.25, 0.3) is 67.1 Å². The molecule has 5 aromatic carbocycles. The van der Waals surface area contributed by atoms with Crippen LogP contribution in [0, 0.1) is 0 Å². The maximum atomic E-state index is 12.1. The normalized spacial score (nSPS) is 15.0. The number of aromatic nitrogens is 4. The Morgan fingerprint density at radius 2 is 0.768 bits per heavy atom. The Hall–Kier alpha value is -7.84. The van der Waals surface area contributed by atoms with Crippen molar-refractivity contribution < 1.29 is 9.59 Å². The Kier molecular flexibility index (Phi) is 9.03. The van der Waals surface area contributed by atoms with Crippen LogP contribution in [0.3, 0.4) is 0 Å². The molecule has 9 rings (SSSR count). The Morgan fingerprint density at radius 1 is 0.393 bits per heavy atom. The fraction of sp³-hybridized carbons (Fsp3) is 0. The number of fused-ring (bicyclic) bond motifs is 2. The van der Waals surface area contributed by atoms with Gasteiger partial charge in [-0.25, -0.2) is 19.9 Å². The Morgan fingerprint density at radius 3 is 1.18 bits per heavy atom. The lowest BCUT2D eigenvalue weighted by Gasteiger charge is -2.12. The zero-order chi connectivity index (χ0) is 37.8. The summed E-state index contributed by atoms with van der Waals surface area (Å²) in [6.45, 7) is 0. The van der Waals surface area contributed by atoms with Crippen LogP contribution in [0.1, 0.15) is 0 Å². The molecule has 56 heavy (non-hydrogen) atoms. The number of para-hydroxylation sites is 2. The van der Waals surface area contributed by atoms with E-state index < -0.39 is 0 Å². The number of ketones is 2. The highest BCUT2D eigenvalue weighted by Gasteiger charge is 2.15. The van der Waals surface area contributed by atoms with Crippen molar-refractivity contribution in [3.8, 4) is 45.3 Å². The second kappa shape index (κ2) is 14.9. The van der Waals surface area contributed by atoms with E-state index in [0.717, 1.165) is 66.8 Å². The lowest BCUT2D eigenvalue weighted by Crippen LogP contribution is -2.01. The van der Waals surface area contributed by atoms with Crippen molar-refractivity contribution in [2.75, 3.05) is 10.6 Å². The van der Waals surface area contributed by atoms with Crippen molar-refractivity contribution in [1.29, 1.82) is 0 Å². The minimum absolute atomic E-state index is 0.0346. The molecule has 0 fully saturated rings. The van der Waals surface area contributed by atoms with E-state index in [4.69, 9.17) is 19.9 Å². The van der Waals surface area contributed by atoms with Crippen LogP contribution in [0.2, 0.25) is 0 Å². The van der Waals surface area contributed by atoms with Gasteiger partial charge in [-0.15, -0.1) is 0 Å². The van der Waals surface area contributed by atoms with E-state index in [2.05, 4.69) is 34.9 Å². The summed E-state index contributed by atoms with van der Waals surface area (Å²) < 4.78 is 0. The fourth-order valence-corrected chi connectivity index (χ4v) is 6.59. The average molecular weight is 725 g/mol. The number of carbonyl (C=O) groups excluding carboxylic acids is 2. The molecule has 7 aromatic rings. The van der Waals surface area contributed by atoms with E-state index in [1.54, 1.807) is 48.9 Å². The van der Waals surface area contributed by atoms with Crippen molar-refractivity contribution >= 4 is 44.7 Å². The Labute approximate surface area is 322 Å². The highest BCUT2D eigenvalue weighted by molar-refractivity contribution is 6.08. The highest BCUT2D eigenvalue weighted by Crippen LogP contribution is 2.34. The van der Waals surface area contributed by atoms with Crippen LogP contribution >= 0.6 is 0 Å². The lowest BCUT2D eigenvalue weighted by molar-refractivity contribution is -0.111. The molecule has 2 heterocycles. The van der Waals surface area contributed by atoms with Gasteiger partial charge in [0.05, 0.1) is 22.4 Å². The molecule has 0 bridgehead atoms. The molecular formula is C48H32N6O2. The molecule has 0 aliphatic heterocycles. The molecule has 0 saturated heterocycles. The second-order valence-corrected chi connectivity index (χ2v) is 13.2. The predicted molar refractivity (Wildman–Crippen MR) is 224 cm³/mol. The van der Waals surface area contributed by atoms with Crippen LogP contribution in [0.4, 0.5) is 11.4 Å². The third kappa shape index (κ3) is 6.98. The number of nitrogens with one attached hydrogen (secondary N) is 2. The van der Waals surface area contributed by atoms with Crippen molar-refractivity contribution in [2.45, 2.75) is 0 Å². The molecule has 0 unspecified atom stereocenters. The van der Waals surface area contributed by atoms with Crippen LogP contribution in [-0.4, -0.2) is 31.5 Å². The molecule has 2 aliphatic rings. The van der Waals surface area contributed by atoms with Gasteiger partial charge >= 0.3 is 0 Å². The summed E-state index contributed by atoms with van der Waals surface area (Å²) in [5.41, 5.74) is 9.90. The summed E-state index contributed by atoms with van der Waals surface area (Å²) in [5, 5.41) is 8.34. The minimum Gasteiger partial charge on any atom is -0.361 e. The van der Waals surface area contributed by atoms with Crippen LogP contribution in [-0.2, 0) is 9.59 Å². The first-order chi connectivity index (χ1) is 27.6. The van der Waals surface area contributed by atoms with Gasteiger partial charge in [-0.1, -0.05) is 85.0 Å². The first kappa shape index (κ1) is 34.0. The number of carbonyl (C=O) groups is 2. The summed E-state index contributed by atoms with van der Waals surface area (Å²) in [5.74, 6) is 1.16. The quantitative estimate of drug-likeness (QED) is 0.149. The van der Waals surface area contributed by atoms with Gasteiger partial charge in [-0.3, -0.25) is 9.59 Å². The number of benzene rings is 5. The molecule has 266 valence electrons. The van der Waals surface area contributed by atoms with E-state index in [0.29, 0.717) is 22.8 Å². The van der Waals surface area contributed by atoms with Crippen LogP contribution in [0.5, 0.6) is 0 Å². The Balaban J connectivity index is 1.01. The summed E-state index contributed by atoms with van der Waals surface area (Å²) >= 11 is 0. The first-order valence-corrected chi connectivity index (χ1v) is 18.1. The third-order valence-electron chi connectivity index (χ3n) is 9.55. The van der Waals surface area contributed by atoms with Crippen LogP contribution < -0.4 is 10.6 Å². The third-order valence-corrected chi connectivity index (χ3v) is 9.55. The van der Waals surface area contributed by atoms with Gasteiger partial charge in [-0.2, -0.15) is 0 Å². The number of hydrogen-bond donors (Lipinski definition) is 2. The Bertz CT molecular complexity index is 2670. The lowest BCUT2D eigenvalue weighted by atomic mass is 10.0. The number of nitrogens with zero attached hydrogens (tertiary/aromatic N) is 4. The zero-order valence-corrected chi connectivity index (χ0v) is 29.9. The first-order valence-electron chi connectivity index (χ1n) is 18.1. The summed E-state index contributed by atoms with van der Waals surface area (Å²) in [6.07, 6.45) is 17.2. The zero-order valence-electron chi connectivity index (χ0n) is 29.9. The summed E-state index contributed by atoms with van der Waals surface area (Å²) in [6, 6.07) is 40.1. The SMILES string of the molecule is O=C1C=CC=C/C1=C/Nc1ccc(-c2nc(-c3ccc(-c4nc(-c5ccc(N/C=C6/C=CC=CC6=O)cc5)nc5ccccc45)cc3)c3ccccc3n2)cc1. The monoisotopic (exact) mass is 724 g/mol. The number of anilines is 2. The van der Waals surface area contributed by atoms with Gasteiger partial charge in [-0.05, 0) is 85.0 Å². The molecule has 2 aliphatic carbocycles. The van der Waals surface area contributed by atoms with E-state index in [9.17, 15) is 9.59 Å². The molecular weight excluding hydrogens is 693 g/mol. The largest absolute Gasteiger partial charge is 0.361 e. The smallest absolute Gasteiger partial charge is 0.187 e. The van der Waals surface area contributed by atoms with Gasteiger partial charge in [0.2, 0.25) is 0 Å². The minimum atomic E-state index is -0.0346. The molecule has 8 heteroatoms.